The highest BCUT2D eigenvalue weighted by Crippen LogP contribution is 2.38. The summed E-state index contributed by atoms with van der Waals surface area (Å²) >= 11 is 1.33. The third-order valence-electron chi connectivity index (χ3n) is 3.34. The number of thioether (sulfide) groups is 1. The average molecular weight is 368 g/mol. The van der Waals surface area contributed by atoms with Gasteiger partial charge < -0.3 is 14.2 Å². The van der Waals surface area contributed by atoms with Crippen LogP contribution in [0, 0.1) is 5.92 Å². The molecule has 0 saturated carbocycles. The number of hydrogen-bond donors (Lipinski definition) is 0. The minimum Gasteiger partial charge on any atom is -0.469 e. The molecule has 0 spiro atoms. The third kappa shape index (κ3) is 6.78. The Balaban J connectivity index is 3.07. The van der Waals surface area contributed by atoms with Crippen LogP contribution in [0.25, 0.3) is 0 Å². The SMILES string of the molecule is CCOC(=O)C(C(=O)OCC)C(SCCC(=O)OC)c1ccccc1. The second-order valence-electron chi connectivity index (χ2n) is 5.01. The molecule has 1 atom stereocenters. The summed E-state index contributed by atoms with van der Waals surface area (Å²) in [5.41, 5.74) is 0.795. The molecule has 25 heavy (non-hydrogen) atoms. The molecule has 6 nitrogen and oxygen atoms in total. The van der Waals surface area contributed by atoms with Gasteiger partial charge in [-0.2, -0.15) is 11.8 Å². The van der Waals surface area contributed by atoms with Crippen molar-refractivity contribution in [2.24, 2.45) is 5.92 Å². The minimum atomic E-state index is -1.09. The summed E-state index contributed by atoms with van der Waals surface area (Å²) < 4.78 is 14.8. The van der Waals surface area contributed by atoms with E-state index in [2.05, 4.69) is 4.74 Å². The van der Waals surface area contributed by atoms with E-state index in [-0.39, 0.29) is 25.6 Å². The predicted octanol–water partition coefficient (Wildman–Crippen LogP) is 2.77. The Morgan fingerprint density at radius 3 is 2.04 bits per heavy atom. The highest BCUT2D eigenvalue weighted by atomic mass is 32.2. The van der Waals surface area contributed by atoms with Crippen LogP contribution in [0.1, 0.15) is 31.1 Å². The van der Waals surface area contributed by atoms with Crippen molar-refractivity contribution in [2.75, 3.05) is 26.1 Å². The molecule has 0 aliphatic rings. The summed E-state index contributed by atoms with van der Waals surface area (Å²) in [6.45, 7) is 3.70. The second-order valence-corrected chi connectivity index (χ2v) is 6.26. The van der Waals surface area contributed by atoms with Crippen LogP contribution in [-0.4, -0.2) is 44.0 Å². The maximum Gasteiger partial charge on any atom is 0.321 e. The molecule has 1 unspecified atom stereocenters. The fourth-order valence-corrected chi connectivity index (χ4v) is 3.51. The van der Waals surface area contributed by atoms with Crippen molar-refractivity contribution in [3.05, 3.63) is 35.9 Å². The van der Waals surface area contributed by atoms with Gasteiger partial charge in [-0.25, -0.2) is 0 Å². The molecule has 1 aromatic rings. The number of carbonyl (C=O) groups excluding carboxylic acids is 3. The van der Waals surface area contributed by atoms with Crippen molar-refractivity contribution < 1.29 is 28.6 Å². The van der Waals surface area contributed by atoms with Gasteiger partial charge in [0.2, 0.25) is 0 Å². The largest absolute Gasteiger partial charge is 0.469 e. The lowest BCUT2D eigenvalue weighted by molar-refractivity contribution is -0.161. The van der Waals surface area contributed by atoms with Gasteiger partial charge in [-0.3, -0.25) is 14.4 Å². The summed E-state index contributed by atoms with van der Waals surface area (Å²) in [6.07, 6.45) is 0.183. The molecule has 0 N–H and O–H groups in total. The molecular weight excluding hydrogens is 344 g/mol. The molecule has 1 aromatic carbocycles. The Hall–Kier alpha value is -2.02. The van der Waals surface area contributed by atoms with Crippen molar-refractivity contribution in [1.29, 1.82) is 0 Å². The van der Waals surface area contributed by atoms with Crippen molar-refractivity contribution in [3.63, 3.8) is 0 Å². The van der Waals surface area contributed by atoms with Gasteiger partial charge in [-0.05, 0) is 19.4 Å². The lowest BCUT2D eigenvalue weighted by Gasteiger charge is -2.24. The van der Waals surface area contributed by atoms with E-state index in [0.717, 1.165) is 5.56 Å². The van der Waals surface area contributed by atoms with E-state index in [9.17, 15) is 14.4 Å². The Labute approximate surface area is 152 Å². The minimum absolute atomic E-state index is 0.170. The molecule has 1 rings (SSSR count). The van der Waals surface area contributed by atoms with Gasteiger partial charge in [0.15, 0.2) is 5.92 Å². The molecule has 0 amide bonds. The lowest BCUT2D eigenvalue weighted by Crippen LogP contribution is -2.32. The normalized spacial score (nSPS) is 11.7. The second kappa shape index (κ2) is 11.5. The van der Waals surface area contributed by atoms with Crippen LogP contribution in [0.2, 0.25) is 0 Å². The van der Waals surface area contributed by atoms with Crippen LogP contribution in [0.15, 0.2) is 30.3 Å². The molecule has 0 saturated heterocycles. The Morgan fingerprint density at radius 1 is 1.00 bits per heavy atom. The molecule has 0 aliphatic carbocycles. The van der Waals surface area contributed by atoms with Gasteiger partial charge in [0.05, 0.1) is 32.0 Å². The van der Waals surface area contributed by atoms with Gasteiger partial charge in [0.25, 0.3) is 0 Å². The first-order chi connectivity index (χ1) is 12.0. The van der Waals surface area contributed by atoms with E-state index >= 15 is 0 Å². The van der Waals surface area contributed by atoms with Crippen LogP contribution in [0.4, 0.5) is 0 Å². The number of esters is 3. The van der Waals surface area contributed by atoms with Gasteiger partial charge >= 0.3 is 17.9 Å². The molecular formula is C18H24O6S. The highest BCUT2D eigenvalue weighted by Gasteiger charge is 2.38. The summed E-state index contributed by atoms with van der Waals surface area (Å²) in [6, 6.07) is 9.18. The number of rotatable bonds is 10. The first-order valence-electron chi connectivity index (χ1n) is 8.11. The maximum atomic E-state index is 12.4. The first-order valence-corrected chi connectivity index (χ1v) is 9.16. The average Bonchev–Trinajstić information content (AvgIpc) is 2.61. The van der Waals surface area contributed by atoms with E-state index in [1.807, 2.05) is 30.3 Å². The molecule has 0 aromatic heterocycles. The fraction of sp³-hybridized carbons (Fsp3) is 0.500. The number of methoxy groups -OCH3 is 1. The van der Waals surface area contributed by atoms with Gasteiger partial charge in [-0.1, -0.05) is 30.3 Å². The van der Waals surface area contributed by atoms with E-state index in [1.54, 1.807) is 13.8 Å². The molecule has 0 radical (unpaired) electrons. The van der Waals surface area contributed by atoms with Crippen molar-refractivity contribution in [3.8, 4) is 0 Å². The van der Waals surface area contributed by atoms with Crippen LogP contribution < -0.4 is 0 Å². The van der Waals surface area contributed by atoms with Crippen molar-refractivity contribution >= 4 is 29.7 Å². The molecule has 7 heteroatoms. The topological polar surface area (TPSA) is 78.9 Å². The quantitative estimate of drug-likeness (QED) is 0.357. The van der Waals surface area contributed by atoms with E-state index in [1.165, 1.54) is 18.9 Å². The van der Waals surface area contributed by atoms with Crippen LogP contribution in [0.5, 0.6) is 0 Å². The first kappa shape index (κ1) is 21.0. The number of ether oxygens (including phenoxy) is 3. The van der Waals surface area contributed by atoms with Gasteiger partial charge in [0, 0.05) is 5.75 Å². The Morgan fingerprint density at radius 2 is 1.56 bits per heavy atom. The third-order valence-corrected chi connectivity index (χ3v) is 4.69. The Kier molecular flexibility index (Phi) is 9.69. The molecule has 0 fully saturated rings. The smallest absolute Gasteiger partial charge is 0.321 e. The van der Waals surface area contributed by atoms with E-state index in [0.29, 0.717) is 5.75 Å². The zero-order chi connectivity index (χ0) is 18.7. The lowest BCUT2D eigenvalue weighted by atomic mass is 9.98. The van der Waals surface area contributed by atoms with E-state index < -0.39 is 23.1 Å². The number of benzene rings is 1. The Bertz CT molecular complexity index is 542. The van der Waals surface area contributed by atoms with Crippen LogP contribution in [0.3, 0.4) is 0 Å². The van der Waals surface area contributed by atoms with Crippen LogP contribution in [-0.2, 0) is 28.6 Å². The highest BCUT2D eigenvalue weighted by molar-refractivity contribution is 7.99. The molecule has 0 heterocycles. The summed E-state index contributed by atoms with van der Waals surface area (Å²) in [7, 11) is 1.32. The zero-order valence-corrected chi connectivity index (χ0v) is 15.5. The molecule has 138 valence electrons. The van der Waals surface area contributed by atoms with Gasteiger partial charge in [0.1, 0.15) is 0 Å². The van der Waals surface area contributed by atoms with Crippen molar-refractivity contribution in [2.45, 2.75) is 25.5 Å². The van der Waals surface area contributed by atoms with E-state index in [4.69, 9.17) is 9.47 Å². The number of carbonyl (C=O) groups is 3. The monoisotopic (exact) mass is 368 g/mol. The summed E-state index contributed by atoms with van der Waals surface area (Å²) in [5.74, 6) is -2.28. The van der Waals surface area contributed by atoms with Gasteiger partial charge in [-0.15, -0.1) is 0 Å². The molecule has 0 bridgehead atoms. The van der Waals surface area contributed by atoms with Crippen molar-refractivity contribution in [1.82, 2.24) is 0 Å². The summed E-state index contributed by atoms with van der Waals surface area (Å²) in [5, 5.41) is -0.510. The standard InChI is InChI=1S/C18H24O6S/c1-4-23-17(20)15(18(21)24-5-2)16(13-9-7-6-8-10-13)25-12-11-14(19)22-3/h6-10,15-16H,4-5,11-12H2,1-3H3. The zero-order valence-electron chi connectivity index (χ0n) is 14.7. The summed E-state index contributed by atoms with van der Waals surface area (Å²) in [4.78, 5) is 36.2. The number of hydrogen-bond acceptors (Lipinski definition) is 7. The predicted molar refractivity (Wildman–Crippen MR) is 95.0 cm³/mol. The maximum absolute atomic E-state index is 12.4. The molecule has 0 aliphatic heterocycles. The fourth-order valence-electron chi connectivity index (χ4n) is 2.21. The van der Waals surface area contributed by atoms with Crippen LogP contribution >= 0.6 is 11.8 Å².